The largest absolute Gasteiger partial charge is 0.234 e. The first kappa shape index (κ1) is 8.33. The maximum absolute atomic E-state index is 12.3. The van der Waals surface area contributed by atoms with Crippen molar-refractivity contribution in [1.82, 2.24) is 0 Å². The maximum atomic E-state index is 12.3. The molecule has 0 aromatic heterocycles. The Morgan fingerprint density at radius 2 is 2.36 bits per heavy atom. The number of hydrogen-bond donors (Lipinski definition) is 0. The third-order valence-electron chi connectivity index (χ3n) is 1.72. The van der Waals surface area contributed by atoms with Crippen LogP contribution in [-0.2, 0) is 0 Å². The Kier molecular flexibility index (Phi) is 3.16. The van der Waals surface area contributed by atoms with E-state index in [1.807, 2.05) is 0 Å². The van der Waals surface area contributed by atoms with Gasteiger partial charge in [0.05, 0.1) is 0 Å². The van der Waals surface area contributed by atoms with Gasteiger partial charge in [-0.1, -0.05) is 17.9 Å². The molecule has 0 amide bonds. The molecule has 1 heteroatoms. The molecule has 1 unspecified atom stereocenters. The predicted octanol–water partition coefficient (Wildman–Crippen LogP) is 2.85. The van der Waals surface area contributed by atoms with Crippen molar-refractivity contribution in [3.05, 3.63) is 11.6 Å². The Labute approximate surface area is 67.5 Å². The van der Waals surface area contributed by atoms with Crippen LogP contribution in [0.1, 0.15) is 32.6 Å². The highest BCUT2D eigenvalue weighted by Crippen LogP contribution is 2.16. The molecule has 1 aliphatic rings. The summed E-state index contributed by atoms with van der Waals surface area (Å²) in [4.78, 5) is 0. The number of allylic oxidation sites excluding steroid dienone is 2. The third kappa shape index (κ3) is 3.23. The summed E-state index contributed by atoms with van der Waals surface area (Å²) in [6.07, 6.45) is 5.76. The molecule has 0 aromatic rings. The molecule has 1 aliphatic carbocycles. The van der Waals surface area contributed by atoms with Gasteiger partial charge in [-0.3, -0.25) is 0 Å². The number of alkyl halides is 1. The zero-order valence-electron chi connectivity index (χ0n) is 6.86. The van der Waals surface area contributed by atoms with Crippen LogP contribution in [0.15, 0.2) is 11.6 Å². The minimum atomic E-state index is -0.988. The molecular weight excluding hydrogens is 139 g/mol. The lowest BCUT2D eigenvalue weighted by molar-refractivity contribution is 0.443. The first-order valence-electron chi connectivity index (χ1n) is 4.13. The zero-order chi connectivity index (χ0) is 8.10. The number of rotatable bonds is 0. The van der Waals surface area contributed by atoms with E-state index in [9.17, 15) is 4.39 Å². The fraction of sp³-hybridized carbons (Fsp3) is 0.600. The molecule has 1 atom stereocenters. The van der Waals surface area contributed by atoms with Gasteiger partial charge in [-0.05, 0) is 38.2 Å². The summed E-state index contributed by atoms with van der Waals surface area (Å²) in [5.41, 5.74) is 1.13. The molecule has 0 N–H and O–H groups in total. The Morgan fingerprint density at radius 3 is 2.91 bits per heavy atom. The summed E-state index contributed by atoms with van der Waals surface area (Å²) in [6.45, 7) is 1.47. The van der Waals surface area contributed by atoms with E-state index in [1.54, 1.807) is 0 Å². The van der Waals surface area contributed by atoms with Crippen molar-refractivity contribution in [1.29, 1.82) is 0 Å². The second kappa shape index (κ2) is 4.18. The highest BCUT2D eigenvalue weighted by Gasteiger charge is 1.99. The van der Waals surface area contributed by atoms with E-state index in [4.69, 9.17) is 0 Å². The van der Waals surface area contributed by atoms with Gasteiger partial charge in [-0.15, -0.1) is 0 Å². The highest BCUT2D eigenvalue weighted by molar-refractivity contribution is 5.30. The quantitative estimate of drug-likeness (QED) is 0.468. The maximum Gasteiger partial charge on any atom is 0.158 e. The summed E-state index contributed by atoms with van der Waals surface area (Å²) in [5.74, 6) is 5.39. The van der Waals surface area contributed by atoms with E-state index < -0.39 is 6.17 Å². The lowest BCUT2D eigenvalue weighted by Crippen LogP contribution is -1.90. The van der Waals surface area contributed by atoms with Crippen molar-refractivity contribution in [3.8, 4) is 11.8 Å². The van der Waals surface area contributed by atoms with Crippen molar-refractivity contribution in [2.45, 2.75) is 38.8 Å². The molecular formula is C10H13F. The Hall–Kier alpha value is -0.770. The molecule has 60 valence electrons. The molecule has 0 spiro atoms. The number of halogens is 1. The Balaban J connectivity index is 2.49. The average Bonchev–Trinajstić information content (AvgIpc) is 2.03. The molecule has 0 bridgehead atoms. The van der Waals surface area contributed by atoms with Crippen molar-refractivity contribution in [2.24, 2.45) is 0 Å². The van der Waals surface area contributed by atoms with Gasteiger partial charge in [0.15, 0.2) is 6.17 Å². The van der Waals surface area contributed by atoms with Crippen molar-refractivity contribution < 1.29 is 4.39 Å². The summed E-state index contributed by atoms with van der Waals surface area (Å²) in [5, 5.41) is 0. The van der Waals surface area contributed by atoms with Crippen molar-refractivity contribution >= 4 is 0 Å². The summed E-state index contributed by atoms with van der Waals surface area (Å²) in [6, 6.07) is 0. The van der Waals surface area contributed by atoms with E-state index >= 15 is 0 Å². The van der Waals surface area contributed by atoms with E-state index in [1.165, 1.54) is 19.8 Å². The van der Waals surface area contributed by atoms with Crippen LogP contribution in [0.4, 0.5) is 4.39 Å². The molecule has 0 saturated carbocycles. The fourth-order valence-corrected chi connectivity index (χ4v) is 1.14. The van der Waals surface area contributed by atoms with Crippen molar-refractivity contribution in [3.63, 3.8) is 0 Å². The standard InChI is InChI=1S/C10H13F/c1-9(11)7-8-10-5-3-2-4-6-10/h5,9H,2-4,6H2,1H3. The van der Waals surface area contributed by atoms with Crippen LogP contribution >= 0.6 is 0 Å². The fourth-order valence-electron chi connectivity index (χ4n) is 1.14. The molecule has 0 fully saturated rings. The van der Waals surface area contributed by atoms with E-state index in [0.29, 0.717) is 0 Å². The van der Waals surface area contributed by atoms with Gasteiger partial charge in [-0.2, -0.15) is 0 Å². The van der Waals surface area contributed by atoms with Gasteiger partial charge < -0.3 is 0 Å². The second-order valence-corrected chi connectivity index (χ2v) is 2.86. The molecule has 0 heterocycles. The SMILES string of the molecule is CC(F)C#CC1=CCCCC1. The molecule has 0 nitrogen and oxygen atoms in total. The topological polar surface area (TPSA) is 0 Å². The monoisotopic (exact) mass is 152 g/mol. The van der Waals surface area contributed by atoms with Crippen molar-refractivity contribution in [2.75, 3.05) is 0 Å². The Bertz CT molecular complexity index is 203. The smallest absolute Gasteiger partial charge is 0.158 e. The Morgan fingerprint density at radius 1 is 1.55 bits per heavy atom. The molecule has 0 radical (unpaired) electrons. The minimum absolute atomic E-state index is 0.988. The number of hydrogen-bond acceptors (Lipinski definition) is 0. The zero-order valence-corrected chi connectivity index (χ0v) is 6.86. The predicted molar refractivity (Wildman–Crippen MR) is 44.9 cm³/mol. The molecule has 1 rings (SSSR count). The average molecular weight is 152 g/mol. The van der Waals surface area contributed by atoms with Gasteiger partial charge in [0.25, 0.3) is 0 Å². The molecule has 0 aliphatic heterocycles. The van der Waals surface area contributed by atoms with Gasteiger partial charge in [0.1, 0.15) is 0 Å². The van der Waals surface area contributed by atoms with Gasteiger partial charge in [-0.25, -0.2) is 4.39 Å². The van der Waals surface area contributed by atoms with Crippen LogP contribution in [-0.4, -0.2) is 6.17 Å². The highest BCUT2D eigenvalue weighted by atomic mass is 19.1. The normalized spacial score (nSPS) is 19.6. The summed E-state index contributed by atoms with van der Waals surface area (Å²) >= 11 is 0. The molecule has 11 heavy (non-hydrogen) atoms. The molecule has 0 aromatic carbocycles. The first-order chi connectivity index (χ1) is 5.29. The van der Waals surface area contributed by atoms with Crippen LogP contribution in [0.5, 0.6) is 0 Å². The van der Waals surface area contributed by atoms with E-state index in [0.717, 1.165) is 18.4 Å². The van der Waals surface area contributed by atoms with Crippen LogP contribution in [0.2, 0.25) is 0 Å². The van der Waals surface area contributed by atoms with Crippen LogP contribution in [0.3, 0.4) is 0 Å². The molecule has 0 saturated heterocycles. The van der Waals surface area contributed by atoms with Gasteiger partial charge >= 0.3 is 0 Å². The second-order valence-electron chi connectivity index (χ2n) is 2.86. The minimum Gasteiger partial charge on any atom is -0.234 e. The van der Waals surface area contributed by atoms with E-state index in [-0.39, 0.29) is 0 Å². The van der Waals surface area contributed by atoms with Crippen LogP contribution in [0, 0.1) is 11.8 Å². The van der Waals surface area contributed by atoms with E-state index in [2.05, 4.69) is 17.9 Å². The summed E-state index contributed by atoms with van der Waals surface area (Å²) in [7, 11) is 0. The first-order valence-corrected chi connectivity index (χ1v) is 4.13. The lowest BCUT2D eigenvalue weighted by Gasteiger charge is -2.05. The van der Waals surface area contributed by atoms with Gasteiger partial charge in [0.2, 0.25) is 0 Å². The third-order valence-corrected chi connectivity index (χ3v) is 1.72. The van der Waals surface area contributed by atoms with Gasteiger partial charge in [0, 0.05) is 0 Å². The summed E-state index contributed by atoms with van der Waals surface area (Å²) < 4.78 is 12.3. The lowest BCUT2D eigenvalue weighted by atomic mass is 10.00. The van der Waals surface area contributed by atoms with Crippen LogP contribution < -0.4 is 0 Å². The van der Waals surface area contributed by atoms with Crippen LogP contribution in [0.25, 0.3) is 0 Å².